The summed E-state index contributed by atoms with van der Waals surface area (Å²) in [5, 5.41) is 16.8. The third-order valence-electron chi connectivity index (χ3n) is 6.65. The Kier molecular flexibility index (Phi) is 13.9. The van der Waals surface area contributed by atoms with E-state index in [0.717, 1.165) is 12.0 Å². The van der Waals surface area contributed by atoms with E-state index in [9.17, 15) is 14.7 Å². The molecule has 3 atom stereocenters. The summed E-state index contributed by atoms with van der Waals surface area (Å²) < 4.78 is 22.0. The lowest BCUT2D eigenvalue weighted by molar-refractivity contribution is 0.0390. The SMILES string of the molecule is COCCCOc1cc(C[C@@H](C[C@H](NC(=O)OC(C)(C)C)[C@@H](O)CNC(=O)c2ccccc2)C(C)C)ccc1OC. The zero-order valence-electron chi connectivity index (χ0n) is 25.6. The van der Waals surface area contributed by atoms with Gasteiger partial charge in [-0.2, -0.15) is 0 Å². The number of ether oxygens (including phenoxy) is 4. The number of nitrogens with one attached hydrogen (secondary N) is 2. The highest BCUT2D eigenvalue weighted by Crippen LogP contribution is 2.31. The Morgan fingerprint density at radius 2 is 1.68 bits per heavy atom. The summed E-state index contributed by atoms with van der Waals surface area (Å²) >= 11 is 0. The molecule has 0 fully saturated rings. The molecule has 9 heteroatoms. The van der Waals surface area contributed by atoms with Crippen LogP contribution in [-0.2, 0) is 15.9 Å². The number of aliphatic hydroxyl groups is 1. The largest absolute Gasteiger partial charge is 0.493 e. The van der Waals surface area contributed by atoms with E-state index in [4.69, 9.17) is 18.9 Å². The predicted octanol–water partition coefficient (Wildman–Crippen LogP) is 5.00. The molecule has 0 aliphatic rings. The molecule has 2 rings (SSSR count). The van der Waals surface area contributed by atoms with Gasteiger partial charge in [-0.25, -0.2) is 4.79 Å². The van der Waals surface area contributed by atoms with Gasteiger partial charge < -0.3 is 34.7 Å². The maximum absolute atomic E-state index is 12.7. The van der Waals surface area contributed by atoms with Crippen molar-refractivity contribution in [3.63, 3.8) is 0 Å². The lowest BCUT2D eigenvalue weighted by Gasteiger charge is -2.31. The standard InChI is InChI=1S/C32H48N2O7/c1-22(2)25(18-23-14-15-28(39-7)29(19-23)40-17-11-16-38-6)20-26(34-31(37)41-32(3,4)5)27(35)21-33-30(36)24-12-9-8-10-13-24/h8-10,12-15,19,22,25-27,35H,11,16-18,20-21H2,1-7H3,(H,33,36)(H,34,37)/t25-,26-,27-/m0/s1. The Bertz CT molecular complexity index is 1070. The summed E-state index contributed by atoms with van der Waals surface area (Å²) in [6.45, 7) is 10.7. The average molecular weight is 573 g/mol. The Balaban J connectivity index is 2.19. The quantitative estimate of drug-likeness (QED) is 0.243. The molecule has 228 valence electrons. The summed E-state index contributed by atoms with van der Waals surface area (Å²) in [7, 11) is 3.27. The highest BCUT2D eigenvalue weighted by atomic mass is 16.6. The van der Waals surface area contributed by atoms with Crippen molar-refractivity contribution >= 4 is 12.0 Å². The van der Waals surface area contributed by atoms with E-state index in [1.54, 1.807) is 59.3 Å². The van der Waals surface area contributed by atoms with Crippen LogP contribution in [0.5, 0.6) is 11.5 Å². The van der Waals surface area contributed by atoms with Crippen molar-refractivity contribution in [1.29, 1.82) is 0 Å². The topological polar surface area (TPSA) is 115 Å². The van der Waals surface area contributed by atoms with Gasteiger partial charge in [-0.05, 0) is 75.3 Å². The maximum atomic E-state index is 12.7. The Labute approximate surface area is 244 Å². The second-order valence-electron chi connectivity index (χ2n) is 11.5. The van der Waals surface area contributed by atoms with Crippen LogP contribution in [0.3, 0.4) is 0 Å². The molecule has 0 aliphatic heterocycles. The highest BCUT2D eigenvalue weighted by Gasteiger charge is 2.29. The lowest BCUT2D eigenvalue weighted by Crippen LogP contribution is -2.50. The molecule has 0 heterocycles. The third-order valence-corrected chi connectivity index (χ3v) is 6.65. The molecule has 0 unspecified atom stereocenters. The molecule has 0 saturated heterocycles. The third kappa shape index (κ3) is 12.4. The second kappa shape index (κ2) is 16.8. The first-order valence-corrected chi connectivity index (χ1v) is 14.2. The number of methoxy groups -OCH3 is 2. The Hall–Kier alpha value is -3.30. The molecule has 0 spiro atoms. The van der Waals surface area contributed by atoms with Crippen LogP contribution in [0.25, 0.3) is 0 Å². The van der Waals surface area contributed by atoms with E-state index >= 15 is 0 Å². The number of hydrogen-bond acceptors (Lipinski definition) is 7. The van der Waals surface area contributed by atoms with Gasteiger partial charge in [0.1, 0.15) is 5.60 Å². The van der Waals surface area contributed by atoms with Gasteiger partial charge >= 0.3 is 6.09 Å². The van der Waals surface area contributed by atoms with Gasteiger partial charge in [-0.15, -0.1) is 0 Å². The Morgan fingerprint density at radius 3 is 2.29 bits per heavy atom. The number of hydrogen-bond donors (Lipinski definition) is 3. The molecule has 0 aromatic heterocycles. The van der Waals surface area contributed by atoms with Gasteiger partial charge in [-0.3, -0.25) is 4.79 Å². The van der Waals surface area contributed by atoms with Crippen LogP contribution in [0.15, 0.2) is 48.5 Å². The van der Waals surface area contributed by atoms with E-state index in [-0.39, 0.29) is 24.3 Å². The van der Waals surface area contributed by atoms with Crippen molar-refractivity contribution in [3.8, 4) is 11.5 Å². The number of carbonyl (C=O) groups is 2. The van der Waals surface area contributed by atoms with Crippen molar-refractivity contribution in [2.24, 2.45) is 11.8 Å². The zero-order chi connectivity index (χ0) is 30.4. The molecule has 2 amide bonds. The van der Waals surface area contributed by atoms with E-state index in [0.29, 0.717) is 43.1 Å². The van der Waals surface area contributed by atoms with Crippen LogP contribution in [-0.4, -0.2) is 68.8 Å². The smallest absolute Gasteiger partial charge is 0.407 e. The first kappa shape index (κ1) is 33.9. The molecular weight excluding hydrogens is 524 g/mol. The molecule has 2 aromatic carbocycles. The summed E-state index contributed by atoms with van der Waals surface area (Å²) in [4.78, 5) is 25.3. The molecule has 0 saturated carbocycles. The lowest BCUT2D eigenvalue weighted by atomic mass is 9.83. The Morgan fingerprint density at radius 1 is 0.976 bits per heavy atom. The zero-order valence-corrected chi connectivity index (χ0v) is 25.6. The average Bonchev–Trinajstić information content (AvgIpc) is 2.92. The van der Waals surface area contributed by atoms with Gasteiger partial charge in [0.2, 0.25) is 0 Å². The van der Waals surface area contributed by atoms with Crippen LogP contribution in [0.4, 0.5) is 4.79 Å². The van der Waals surface area contributed by atoms with Crippen molar-refractivity contribution in [3.05, 3.63) is 59.7 Å². The van der Waals surface area contributed by atoms with E-state index in [1.807, 2.05) is 24.3 Å². The number of alkyl carbamates (subject to hydrolysis) is 1. The highest BCUT2D eigenvalue weighted by molar-refractivity contribution is 5.94. The molecule has 3 N–H and O–H groups in total. The van der Waals surface area contributed by atoms with Crippen molar-refractivity contribution < 1.29 is 33.6 Å². The summed E-state index contributed by atoms with van der Waals surface area (Å²) in [5.41, 5.74) is 0.853. The van der Waals surface area contributed by atoms with Crippen LogP contribution in [0.1, 0.15) is 63.4 Å². The molecule has 9 nitrogen and oxygen atoms in total. The van der Waals surface area contributed by atoms with E-state index < -0.39 is 23.8 Å². The van der Waals surface area contributed by atoms with E-state index in [2.05, 4.69) is 24.5 Å². The summed E-state index contributed by atoms with van der Waals surface area (Å²) in [6, 6.07) is 14.0. The first-order valence-electron chi connectivity index (χ1n) is 14.2. The van der Waals surface area contributed by atoms with Crippen molar-refractivity contribution in [1.82, 2.24) is 10.6 Å². The van der Waals surface area contributed by atoms with Crippen LogP contribution < -0.4 is 20.1 Å². The fraction of sp³-hybridized carbons (Fsp3) is 0.562. The maximum Gasteiger partial charge on any atom is 0.407 e. The molecular formula is C32H48N2O7. The molecule has 0 aliphatic carbocycles. The summed E-state index contributed by atoms with van der Waals surface area (Å²) in [5.74, 6) is 1.34. The number of benzene rings is 2. The van der Waals surface area contributed by atoms with Crippen LogP contribution in [0.2, 0.25) is 0 Å². The van der Waals surface area contributed by atoms with Crippen molar-refractivity contribution in [2.75, 3.05) is 34.0 Å². The molecule has 0 bridgehead atoms. The van der Waals surface area contributed by atoms with Gasteiger partial charge in [-0.1, -0.05) is 38.1 Å². The number of rotatable bonds is 16. The number of amides is 2. The fourth-order valence-corrected chi connectivity index (χ4v) is 4.37. The monoisotopic (exact) mass is 572 g/mol. The number of carbonyl (C=O) groups excluding carboxylic acids is 2. The van der Waals surface area contributed by atoms with Crippen LogP contribution >= 0.6 is 0 Å². The minimum absolute atomic E-state index is 0.0268. The van der Waals surface area contributed by atoms with Gasteiger partial charge in [0.15, 0.2) is 11.5 Å². The fourth-order valence-electron chi connectivity index (χ4n) is 4.37. The van der Waals surface area contributed by atoms with Gasteiger partial charge in [0.25, 0.3) is 5.91 Å². The number of aliphatic hydroxyl groups excluding tert-OH is 1. The van der Waals surface area contributed by atoms with Crippen LogP contribution in [0, 0.1) is 11.8 Å². The molecule has 2 aromatic rings. The summed E-state index contributed by atoms with van der Waals surface area (Å²) in [6.07, 6.45) is 0.262. The molecule has 0 radical (unpaired) electrons. The minimum Gasteiger partial charge on any atom is -0.493 e. The first-order chi connectivity index (χ1) is 19.4. The van der Waals surface area contributed by atoms with E-state index in [1.165, 1.54) is 0 Å². The minimum atomic E-state index is -1.04. The van der Waals surface area contributed by atoms with Crippen molar-refractivity contribution in [2.45, 2.75) is 71.6 Å². The predicted molar refractivity (Wildman–Crippen MR) is 160 cm³/mol. The second-order valence-corrected chi connectivity index (χ2v) is 11.5. The normalized spacial score (nSPS) is 13.7. The van der Waals surface area contributed by atoms with Gasteiger partial charge in [0.05, 0.1) is 25.9 Å². The van der Waals surface area contributed by atoms with Gasteiger partial charge in [0, 0.05) is 32.2 Å². The molecule has 41 heavy (non-hydrogen) atoms.